The number of hydrogen-bond donors (Lipinski definition) is 1. The van der Waals surface area contributed by atoms with Gasteiger partial charge in [-0.2, -0.15) is 0 Å². The maximum Gasteiger partial charge on any atom is 0.270 e. The van der Waals surface area contributed by atoms with Gasteiger partial charge in [-0.3, -0.25) is 19.8 Å². The van der Waals surface area contributed by atoms with E-state index in [1.165, 1.54) is 4.90 Å². The normalized spacial score (nSPS) is 21.4. The molecule has 4 rings (SSSR count). The quantitative estimate of drug-likeness (QED) is 0.349. The van der Waals surface area contributed by atoms with Crippen molar-refractivity contribution in [3.63, 3.8) is 0 Å². The Morgan fingerprint density at radius 3 is 2.58 bits per heavy atom. The van der Waals surface area contributed by atoms with E-state index in [0.717, 1.165) is 28.8 Å². The summed E-state index contributed by atoms with van der Waals surface area (Å²) in [6.45, 7) is 10.5. The summed E-state index contributed by atoms with van der Waals surface area (Å²) in [7, 11) is 2.07. The number of rotatable bonds is 2. The van der Waals surface area contributed by atoms with Crippen molar-refractivity contribution in [2.24, 2.45) is 0 Å². The molecule has 172 valence electrons. The van der Waals surface area contributed by atoms with Crippen molar-refractivity contribution in [2.75, 3.05) is 16.8 Å². The van der Waals surface area contributed by atoms with Crippen LogP contribution in [0.3, 0.4) is 0 Å². The Labute approximate surface area is 205 Å². The molecule has 0 saturated carbocycles. The largest absolute Gasteiger partial charge is 0.369 e. The van der Waals surface area contributed by atoms with Crippen LogP contribution in [0.1, 0.15) is 55.4 Å². The third kappa shape index (κ3) is 3.96. The number of nitrogens with zero attached hydrogens (tertiary/aromatic N) is 2. The number of hydrogen-bond acceptors (Lipinski definition) is 4. The van der Waals surface area contributed by atoms with E-state index in [9.17, 15) is 9.59 Å². The van der Waals surface area contributed by atoms with Gasteiger partial charge in [0.05, 0.1) is 5.69 Å². The van der Waals surface area contributed by atoms with Gasteiger partial charge < -0.3 is 4.90 Å². The predicted molar refractivity (Wildman–Crippen MR) is 139 cm³/mol. The zero-order valence-electron chi connectivity index (χ0n) is 19.7. The van der Waals surface area contributed by atoms with Crippen LogP contribution in [-0.2, 0) is 9.59 Å². The summed E-state index contributed by atoms with van der Waals surface area (Å²) in [5.74, 6) is -0.667. The van der Waals surface area contributed by atoms with Crippen molar-refractivity contribution in [3.05, 3.63) is 63.2 Å². The lowest BCUT2D eigenvalue weighted by Gasteiger charge is -2.45. The summed E-state index contributed by atoms with van der Waals surface area (Å²) in [5, 5.41) is 3.23. The Morgan fingerprint density at radius 1 is 1.18 bits per heavy atom. The van der Waals surface area contributed by atoms with Crippen molar-refractivity contribution in [2.45, 2.75) is 52.5 Å². The lowest BCUT2D eigenvalue weighted by atomic mass is 9.80. The molecule has 2 heterocycles. The van der Waals surface area contributed by atoms with E-state index in [2.05, 4.69) is 38.0 Å². The fourth-order valence-corrected chi connectivity index (χ4v) is 5.21. The molecule has 33 heavy (non-hydrogen) atoms. The molecule has 1 fully saturated rings. The Balaban J connectivity index is 1.79. The number of aryl methyl sites for hydroxylation is 1. The van der Waals surface area contributed by atoms with Crippen LogP contribution in [0, 0.1) is 13.8 Å². The van der Waals surface area contributed by atoms with Crippen molar-refractivity contribution >= 4 is 58.2 Å². The van der Waals surface area contributed by atoms with Crippen LogP contribution in [0.15, 0.2) is 35.9 Å². The highest BCUT2D eigenvalue weighted by Crippen LogP contribution is 2.44. The van der Waals surface area contributed by atoms with Gasteiger partial charge >= 0.3 is 0 Å². The lowest BCUT2D eigenvalue weighted by Crippen LogP contribution is -2.54. The van der Waals surface area contributed by atoms with E-state index in [-0.39, 0.29) is 16.2 Å². The molecule has 0 aromatic heterocycles. The van der Waals surface area contributed by atoms with Gasteiger partial charge in [-0.1, -0.05) is 30.7 Å². The topological polar surface area (TPSA) is 52.7 Å². The summed E-state index contributed by atoms with van der Waals surface area (Å²) in [6.07, 6.45) is 2.56. The van der Waals surface area contributed by atoms with E-state index in [1.54, 1.807) is 6.08 Å². The van der Waals surface area contributed by atoms with Gasteiger partial charge in [0.1, 0.15) is 5.57 Å². The second-order valence-electron chi connectivity index (χ2n) is 9.59. The van der Waals surface area contributed by atoms with E-state index in [1.807, 2.05) is 44.2 Å². The fourth-order valence-electron chi connectivity index (χ4n) is 4.72. The zero-order valence-corrected chi connectivity index (χ0v) is 21.3. The Hall–Kier alpha value is -2.70. The Morgan fingerprint density at radius 2 is 1.88 bits per heavy atom. The molecule has 0 spiro atoms. The number of anilines is 2. The highest BCUT2D eigenvalue weighted by atomic mass is 35.5. The van der Waals surface area contributed by atoms with Gasteiger partial charge in [0, 0.05) is 23.3 Å². The van der Waals surface area contributed by atoms with Gasteiger partial charge in [0.25, 0.3) is 11.8 Å². The second-order valence-corrected chi connectivity index (χ2v) is 10.4. The molecular formula is C26H28ClN3O2S. The minimum atomic E-state index is -0.522. The average molecular weight is 482 g/mol. The molecular weight excluding hydrogens is 454 g/mol. The molecule has 2 aromatic carbocycles. The first-order valence-electron chi connectivity index (χ1n) is 11.0. The van der Waals surface area contributed by atoms with Crippen LogP contribution >= 0.6 is 23.8 Å². The number of thiocarbonyl (C=S) groups is 1. The highest BCUT2D eigenvalue weighted by Gasteiger charge is 2.37. The van der Waals surface area contributed by atoms with Crippen LogP contribution < -0.4 is 15.1 Å². The molecule has 0 aliphatic carbocycles. The fraction of sp³-hybridized carbons (Fsp3) is 0.346. The number of nitrogens with one attached hydrogen (secondary N) is 1. The number of carbonyl (C=O) groups is 2. The van der Waals surface area contributed by atoms with E-state index >= 15 is 0 Å². The SMILES string of the molecule is Cc1cccc(N2C(=O)/C(=C/c3cc4c(cc3Cl)N(C)C(C)(C)CC4C)C(=O)NC2=S)c1C. The molecule has 7 heteroatoms. The molecule has 1 saturated heterocycles. The number of fused-ring (bicyclic) bond motifs is 1. The number of carbonyl (C=O) groups excluding carboxylic acids is 2. The lowest BCUT2D eigenvalue weighted by molar-refractivity contribution is -0.122. The first-order chi connectivity index (χ1) is 15.4. The molecule has 1 unspecified atom stereocenters. The maximum absolute atomic E-state index is 13.5. The third-order valence-electron chi connectivity index (χ3n) is 6.97. The van der Waals surface area contributed by atoms with Crippen molar-refractivity contribution in [1.29, 1.82) is 0 Å². The molecule has 2 aliphatic rings. The third-order valence-corrected chi connectivity index (χ3v) is 7.58. The average Bonchev–Trinajstić information content (AvgIpc) is 2.72. The highest BCUT2D eigenvalue weighted by molar-refractivity contribution is 7.80. The number of benzene rings is 2. The molecule has 1 atom stereocenters. The van der Waals surface area contributed by atoms with Gasteiger partial charge in [-0.15, -0.1) is 0 Å². The van der Waals surface area contributed by atoms with Crippen LogP contribution in [-0.4, -0.2) is 29.5 Å². The second kappa shape index (κ2) is 8.26. The molecule has 1 N–H and O–H groups in total. The van der Waals surface area contributed by atoms with Crippen LogP contribution in [0.25, 0.3) is 6.08 Å². The molecule has 2 aromatic rings. The molecule has 5 nitrogen and oxygen atoms in total. The van der Waals surface area contributed by atoms with Gasteiger partial charge in [0.15, 0.2) is 5.11 Å². The van der Waals surface area contributed by atoms with E-state index in [4.69, 9.17) is 23.8 Å². The maximum atomic E-state index is 13.5. The predicted octanol–water partition coefficient (Wildman–Crippen LogP) is 5.51. The summed E-state index contributed by atoms with van der Waals surface area (Å²) in [6, 6.07) is 9.59. The Kier molecular flexibility index (Phi) is 5.87. The summed E-state index contributed by atoms with van der Waals surface area (Å²) >= 11 is 12.0. The monoisotopic (exact) mass is 481 g/mol. The zero-order chi connectivity index (χ0) is 24.2. The smallest absolute Gasteiger partial charge is 0.270 e. The standard InChI is InChI=1S/C26H28ClN3O2S/c1-14-8-7-9-21(16(14)3)30-24(32)19(23(31)28-25(30)33)11-17-10-18-15(2)13-26(4,5)29(6)22(18)12-20(17)27/h7-12,15H,13H2,1-6H3,(H,28,31,33)/b19-11+. The molecule has 2 aliphatic heterocycles. The summed E-state index contributed by atoms with van der Waals surface area (Å²) in [4.78, 5) is 29.9. The van der Waals surface area contributed by atoms with E-state index in [0.29, 0.717) is 22.2 Å². The van der Waals surface area contributed by atoms with Crippen LogP contribution in [0.5, 0.6) is 0 Å². The first kappa shape index (κ1) is 23.5. The Bertz CT molecular complexity index is 1230. The summed E-state index contributed by atoms with van der Waals surface area (Å²) in [5.41, 5.74) is 5.49. The van der Waals surface area contributed by atoms with Crippen molar-refractivity contribution in [3.8, 4) is 0 Å². The first-order valence-corrected chi connectivity index (χ1v) is 11.8. The molecule has 2 amide bonds. The van der Waals surface area contributed by atoms with Crippen molar-refractivity contribution in [1.82, 2.24) is 5.32 Å². The van der Waals surface area contributed by atoms with E-state index < -0.39 is 11.8 Å². The molecule has 0 bridgehead atoms. The minimum Gasteiger partial charge on any atom is -0.369 e. The van der Waals surface area contributed by atoms with Gasteiger partial charge in [-0.25, -0.2) is 0 Å². The number of halogens is 1. The van der Waals surface area contributed by atoms with Gasteiger partial charge in [0.2, 0.25) is 0 Å². The minimum absolute atomic E-state index is 0.00324. The number of amides is 2. The van der Waals surface area contributed by atoms with Crippen LogP contribution in [0.4, 0.5) is 11.4 Å². The van der Waals surface area contributed by atoms with Crippen LogP contribution in [0.2, 0.25) is 5.02 Å². The molecule has 0 radical (unpaired) electrons. The van der Waals surface area contributed by atoms with Gasteiger partial charge in [-0.05, 0) is 98.8 Å². The summed E-state index contributed by atoms with van der Waals surface area (Å²) < 4.78 is 0. The van der Waals surface area contributed by atoms with Crippen molar-refractivity contribution < 1.29 is 9.59 Å².